The fourth-order valence-corrected chi connectivity index (χ4v) is 3.16. The number of nitrogens with two attached hydrogens (primary N) is 1. The third-order valence-corrected chi connectivity index (χ3v) is 3.98. The maximum absolute atomic E-state index is 6.33. The molecule has 94 valence electrons. The quantitative estimate of drug-likeness (QED) is 0.868. The summed E-state index contributed by atoms with van der Waals surface area (Å²) in [6.07, 6.45) is 5.07. The lowest BCUT2D eigenvalue weighted by Gasteiger charge is -2.39. The Morgan fingerprint density at radius 2 is 1.76 bits per heavy atom. The Kier molecular flexibility index (Phi) is 4.19. The third kappa shape index (κ3) is 2.88. The van der Waals surface area contributed by atoms with Crippen LogP contribution in [0.1, 0.15) is 37.3 Å². The van der Waals surface area contributed by atoms with Crippen molar-refractivity contribution >= 4 is 0 Å². The molecule has 0 aliphatic heterocycles. The number of hydrogen-bond acceptors (Lipinski definition) is 2. The van der Waals surface area contributed by atoms with Crippen LogP contribution in [0.4, 0.5) is 0 Å². The zero-order valence-electron chi connectivity index (χ0n) is 11.0. The van der Waals surface area contributed by atoms with Gasteiger partial charge in [0, 0.05) is 12.1 Å². The fourth-order valence-electron chi connectivity index (χ4n) is 3.16. The summed E-state index contributed by atoms with van der Waals surface area (Å²) in [6.45, 7) is 0. The van der Waals surface area contributed by atoms with Gasteiger partial charge in [-0.3, -0.25) is 0 Å². The Morgan fingerprint density at radius 3 is 2.35 bits per heavy atom. The molecular formula is C15H24N2. The molecule has 1 aromatic rings. The molecule has 0 aromatic heterocycles. The van der Waals surface area contributed by atoms with E-state index < -0.39 is 0 Å². The molecule has 2 heteroatoms. The predicted molar refractivity (Wildman–Crippen MR) is 72.8 cm³/mol. The zero-order chi connectivity index (χ0) is 12.3. The normalized spacial score (nSPS) is 27.1. The van der Waals surface area contributed by atoms with Gasteiger partial charge in [0.25, 0.3) is 0 Å². The monoisotopic (exact) mass is 232 g/mol. The minimum atomic E-state index is 0.358. The van der Waals surface area contributed by atoms with Crippen LogP contribution in [-0.2, 0) is 0 Å². The van der Waals surface area contributed by atoms with Gasteiger partial charge in [-0.1, -0.05) is 43.2 Å². The minimum absolute atomic E-state index is 0.358. The highest BCUT2D eigenvalue weighted by molar-refractivity contribution is 5.20. The van der Waals surface area contributed by atoms with Crippen molar-refractivity contribution in [3.8, 4) is 0 Å². The molecule has 0 heterocycles. The van der Waals surface area contributed by atoms with Gasteiger partial charge in [-0.2, -0.15) is 0 Å². The summed E-state index contributed by atoms with van der Waals surface area (Å²) in [5, 5.41) is 0. The average Bonchev–Trinajstić information content (AvgIpc) is 2.33. The molecule has 0 spiro atoms. The molecule has 17 heavy (non-hydrogen) atoms. The second-order valence-electron chi connectivity index (χ2n) is 5.43. The Labute approximate surface area is 105 Å². The second kappa shape index (κ2) is 5.65. The van der Waals surface area contributed by atoms with Crippen LogP contribution in [0.2, 0.25) is 0 Å². The summed E-state index contributed by atoms with van der Waals surface area (Å²) in [4.78, 5) is 2.32. The Balaban J connectivity index is 2.22. The van der Waals surface area contributed by atoms with E-state index in [-0.39, 0.29) is 0 Å². The lowest BCUT2D eigenvalue weighted by molar-refractivity contribution is 0.151. The van der Waals surface area contributed by atoms with Crippen LogP contribution in [0, 0.1) is 5.92 Å². The van der Waals surface area contributed by atoms with Gasteiger partial charge in [0.05, 0.1) is 0 Å². The van der Waals surface area contributed by atoms with Crippen LogP contribution < -0.4 is 5.73 Å². The number of benzene rings is 1. The van der Waals surface area contributed by atoms with Gasteiger partial charge in [0.15, 0.2) is 0 Å². The summed E-state index contributed by atoms with van der Waals surface area (Å²) < 4.78 is 0. The van der Waals surface area contributed by atoms with Crippen molar-refractivity contribution < 1.29 is 0 Å². The van der Waals surface area contributed by atoms with Crippen molar-refractivity contribution in [2.24, 2.45) is 11.7 Å². The molecule has 1 saturated carbocycles. The first-order valence-corrected chi connectivity index (χ1v) is 6.67. The summed E-state index contributed by atoms with van der Waals surface area (Å²) in [7, 11) is 4.33. The third-order valence-electron chi connectivity index (χ3n) is 3.98. The smallest absolute Gasteiger partial charge is 0.0384 e. The lowest BCUT2D eigenvalue weighted by Crippen LogP contribution is -2.41. The molecule has 0 bridgehead atoms. The SMILES string of the molecule is CN(C)[C@@H](c1ccccc1)[C@H]1CCCC[C@H]1N. The van der Waals surface area contributed by atoms with Crippen LogP contribution in [0.25, 0.3) is 0 Å². The Hall–Kier alpha value is -0.860. The standard InChI is InChI=1S/C15H24N2/c1-17(2)15(12-8-4-3-5-9-12)13-10-6-7-11-14(13)16/h3-5,8-9,13-15H,6-7,10-11,16H2,1-2H3/t13-,14+,15-/m0/s1. The molecule has 0 unspecified atom stereocenters. The number of hydrogen-bond donors (Lipinski definition) is 1. The molecule has 2 nitrogen and oxygen atoms in total. The van der Waals surface area contributed by atoms with E-state index in [2.05, 4.69) is 49.3 Å². The molecule has 1 aliphatic carbocycles. The first-order chi connectivity index (χ1) is 8.20. The van der Waals surface area contributed by atoms with Gasteiger partial charge in [0.1, 0.15) is 0 Å². The van der Waals surface area contributed by atoms with Crippen LogP contribution in [0.5, 0.6) is 0 Å². The summed E-state index contributed by atoms with van der Waals surface area (Å²) in [5.74, 6) is 0.598. The summed E-state index contributed by atoms with van der Waals surface area (Å²) >= 11 is 0. The largest absolute Gasteiger partial charge is 0.327 e. The highest BCUT2D eigenvalue weighted by atomic mass is 15.1. The van der Waals surface area contributed by atoms with E-state index in [0.717, 1.165) is 0 Å². The van der Waals surface area contributed by atoms with Gasteiger partial charge in [-0.15, -0.1) is 0 Å². The van der Waals surface area contributed by atoms with E-state index in [9.17, 15) is 0 Å². The lowest BCUT2D eigenvalue weighted by atomic mass is 9.77. The van der Waals surface area contributed by atoms with E-state index in [1.54, 1.807) is 0 Å². The fraction of sp³-hybridized carbons (Fsp3) is 0.600. The maximum Gasteiger partial charge on any atom is 0.0384 e. The number of nitrogens with zero attached hydrogens (tertiary/aromatic N) is 1. The average molecular weight is 232 g/mol. The summed E-state index contributed by atoms with van der Waals surface area (Å²) in [5.41, 5.74) is 7.73. The molecule has 1 aliphatic rings. The van der Waals surface area contributed by atoms with Gasteiger partial charge in [0.2, 0.25) is 0 Å². The van der Waals surface area contributed by atoms with Crippen LogP contribution in [0.15, 0.2) is 30.3 Å². The molecule has 2 rings (SSSR count). The molecule has 3 atom stereocenters. The van der Waals surface area contributed by atoms with Crippen molar-refractivity contribution in [2.75, 3.05) is 14.1 Å². The van der Waals surface area contributed by atoms with Crippen molar-refractivity contribution in [2.45, 2.75) is 37.8 Å². The molecule has 0 amide bonds. The van der Waals surface area contributed by atoms with E-state index >= 15 is 0 Å². The summed E-state index contributed by atoms with van der Waals surface area (Å²) in [6, 6.07) is 11.6. The van der Waals surface area contributed by atoms with E-state index in [1.807, 2.05) is 0 Å². The predicted octanol–water partition coefficient (Wildman–Crippen LogP) is 2.81. The molecule has 0 saturated heterocycles. The maximum atomic E-state index is 6.33. The van der Waals surface area contributed by atoms with Crippen LogP contribution in [-0.4, -0.2) is 25.0 Å². The zero-order valence-corrected chi connectivity index (χ0v) is 11.0. The van der Waals surface area contributed by atoms with E-state index in [0.29, 0.717) is 18.0 Å². The number of rotatable bonds is 3. The first kappa shape index (κ1) is 12.6. The van der Waals surface area contributed by atoms with E-state index in [4.69, 9.17) is 5.73 Å². The Morgan fingerprint density at radius 1 is 1.12 bits per heavy atom. The van der Waals surface area contributed by atoms with Crippen LogP contribution in [0.3, 0.4) is 0 Å². The molecule has 0 radical (unpaired) electrons. The minimum Gasteiger partial charge on any atom is -0.327 e. The van der Waals surface area contributed by atoms with Gasteiger partial charge >= 0.3 is 0 Å². The highest BCUT2D eigenvalue weighted by Crippen LogP contribution is 2.36. The highest BCUT2D eigenvalue weighted by Gasteiger charge is 2.31. The molecule has 1 fully saturated rings. The van der Waals surface area contributed by atoms with Gasteiger partial charge in [-0.25, -0.2) is 0 Å². The van der Waals surface area contributed by atoms with Crippen molar-refractivity contribution in [3.63, 3.8) is 0 Å². The first-order valence-electron chi connectivity index (χ1n) is 6.67. The van der Waals surface area contributed by atoms with Gasteiger partial charge in [-0.05, 0) is 38.4 Å². The van der Waals surface area contributed by atoms with Crippen molar-refractivity contribution in [1.29, 1.82) is 0 Å². The van der Waals surface area contributed by atoms with Gasteiger partial charge < -0.3 is 10.6 Å². The topological polar surface area (TPSA) is 29.3 Å². The second-order valence-corrected chi connectivity index (χ2v) is 5.43. The molecule has 1 aromatic carbocycles. The van der Waals surface area contributed by atoms with Crippen LogP contribution >= 0.6 is 0 Å². The van der Waals surface area contributed by atoms with E-state index in [1.165, 1.54) is 31.2 Å². The Bertz CT molecular complexity index is 334. The van der Waals surface area contributed by atoms with Crippen molar-refractivity contribution in [1.82, 2.24) is 4.90 Å². The molecule has 2 N–H and O–H groups in total. The van der Waals surface area contributed by atoms with Crippen molar-refractivity contribution in [3.05, 3.63) is 35.9 Å². The molecular weight excluding hydrogens is 208 g/mol.